The average Bonchev–Trinajstić information content (AvgIpc) is 3.39. The summed E-state index contributed by atoms with van der Waals surface area (Å²) in [4.78, 5) is 30.4. The quantitative estimate of drug-likeness (QED) is 0.467. The standard InChI is InChI=1S/C21H24N8O/c1-3-7-19-25-14-8-5-6-9-17(14)29(19)16(4-2)21(30)24-13-18-26-20(28-27-18)15-12-22-10-11-23-15/h5-6,8-12,16H,3-4,7,13H2,1-2H3,(H,24,30)(H,26,27,28)/t16-/m1/s1. The minimum Gasteiger partial charge on any atom is -0.347 e. The Morgan fingerprint density at radius 2 is 2.07 bits per heavy atom. The number of nitrogens with one attached hydrogen (secondary N) is 2. The lowest BCUT2D eigenvalue weighted by Crippen LogP contribution is -2.33. The van der Waals surface area contributed by atoms with Gasteiger partial charge in [0.25, 0.3) is 0 Å². The number of rotatable bonds is 8. The molecule has 0 fully saturated rings. The molecule has 0 bridgehead atoms. The van der Waals surface area contributed by atoms with Crippen molar-refractivity contribution in [2.75, 3.05) is 0 Å². The fourth-order valence-electron chi connectivity index (χ4n) is 3.52. The first-order valence-electron chi connectivity index (χ1n) is 10.1. The fraction of sp³-hybridized carbons (Fsp3) is 0.333. The zero-order chi connectivity index (χ0) is 20.9. The summed E-state index contributed by atoms with van der Waals surface area (Å²) in [7, 11) is 0. The van der Waals surface area contributed by atoms with Crippen molar-refractivity contribution in [3.8, 4) is 11.5 Å². The average molecular weight is 404 g/mol. The largest absolute Gasteiger partial charge is 0.347 e. The topological polar surface area (TPSA) is 114 Å². The van der Waals surface area contributed by atoms with Crippen molar-refractivity contribution in [3.05, 3.63) is 54.5 Å². The van der Waals surface area contributed by atoms with Crippen LogP contribution in [0.3, 0.4) is 0 Å². The molecular formula is C21H24N8O. The highest BCUT2D eigenvalue weighted by Gasteiger charge is 2.24. The van der Waals surface area contributed by atoms with Crippen LogP contribution in [-0.2, 0) is 17.8 Å². The van der Waals surface area contributed by atoms with E-state index in [2.05, 4.69) is 42.0 Å². The van der Waals surface area contributed by atoms with Crippen LogP contribution in [0, 0.1) is 0 Å². The van der Waals surface area contributed by atoms with E-state index in [0.717, 1.165) is 29.7 Å². The molecule has 154 valence electrons. The van der Waals surface area contributed by atoms with Crippen molar-refractivity contribution >= 4 is 16.9 Å². The normalized spacial score (nSPS) is 12.2. The summed E-state index contributed by atoms with van der Waals surface area (Å²) >= 11 is 0. The number of hydrogen-bond donors (Lipinski definition) is 2. The Kier molecular flexibility index (Phi) is 5.78. The highest BCUT2D eigenvalue weighted by molar-refractivity contribution is 5.84. The predicted octanol–water partition coefficient (Wildman–Crippen LogP) is 2.83. The molecule has 0 aliphatic carbocycles. The zero-order valence-corrected chi connectivity index (χ0v) is 17.0. The summed E-state index contributed by atoms with van der Waals surface area (Å²) in [5, 5.41) is 9.98. The van der Waals surface area contributed by atoms with E-state index in [1.807, 2.05) is 31.2 Å². The van der Waals surface area contributed by atoms with Gasteiger partial charge in [-0.25, -0.2) is 15.0 Å². The molecule has 0 unspecified atom stereocenters. The molecule has 1 aromatic carbocycles. The van der Waals surface area contributed by atoms with Gasteiger partial charge < -0.3 is 9.88 Å². The first-order valence-corrected chi connectivity index (χ1v) is 10.1. The molecule has 2 N–H and O–H groups in total. The van der Waals surface area contributed by atoms with Gasteiger partial charge in [0.05, 0.1) is 23.8 Å². The second-order valence-electron chi connectivity index (χ2n) is 6.97. The van der Waals surface area contributed by atoms with Crippen molar-refractivity contribution in [2.24, 2.45) is 0 Å². The van der Waals surface area contributed by atoms with Crippen LogP contribution in [0.5, 0.6) is 0 Å². The van der Waals surface area contributed by atoms with Gasteiger partial charge in [0.15, 0.2) is 0 Å². The second-order valence-corrected chi connectivity index (χ2v) is 6.97. The molecule has 1 atom stereocenters. The fourth-order valence-corrected chi connectivity index (χ4v) is 3.52. The summed E-state index contributed by atoms with van der Waals surface area (Å²) in [6.07, 6.45) is 7.21. The third-order valence-corrected chi connectivity index (χ3v) is 4.90. The Hall–Kier alpha value is -3.62. The maximum Gasteiger partial charge on any atom is 0.243 e. The van der Waals surface area contributed by atoms with E-state index >= 15 is 0 Å². The van der Waals surface area contributed by atoms with Crippen LogP contribution in [0.15, 0.2) is 42.9 Å². The smallest absolute Gasteiger partial charge is 0.243 e. The van der Waals surface area contributed by atoms with Crippen LogP contribution in [0.25, 0.3) is 22.6 Å². The number of aryl methyl sites for hydroxylation is 1. The van der Waals surface area contributed by atoms with Crippen molar-refractivity contribution in [1.29, 1.82) is 0 Å². The summed E-state index contributed by atoms with van der Waals surface area (Å²) in [6, 6.07) is 7.60. The number of carbonyl (C=O) groups excluding carboxylic acids is 1. The van der Waals surface area contributed by atoms with E-state index in [0.29, 0.717) is 23.8 Å². The maximum atomic E-state index is 13.1. The third kappa shape index (κ3) is 3.91. The van der Waals surface area contributed by atoms with E-state index < -0.39 is 0 Å². The zero-order valence-electron chi connectivity index (χ0n) is 17.0. The second kappa shape index (κ2) is 8.81. The Labute approximate surface area is 174 Å². The number of imidazole rings is 1. The summed E-state index contributed by atoms with van der Waals surface area (Å²) in [5.74, 6) is 1.87. The molecule has 9 nitrogen and oxygen atoms in total. The van der Waals surface area contributed by atoms with Crippen molar-refractivity contribution in [3.63, 3.8) is 0 Å². The van der Waals surface area contributed by atoms with E-state index in [1.165, 1.54) is 0 Å². The lowest BCUT2D eigenvalue weighted by molar-refractivity contribution is -0.124. The Balaban J connectivity index is 1.52. The predicted molar refractivity (Wildman–Crippen MR) is 112 cm³/mol. The summed E-state index contributed by atoms with van der Waals surface area (Å²) in [6.45, 7) is 4.37. The van der Waals surface area contributed by atoms with Crippen LogP contribution in [0.2, 0.25) is 0 Å². The molecule has 4 rings (SSSR count). The number of hydrogen-bond acceptors (Lipinski definition) is 6. The van der Waals surface area contributed by atoms with Crippen molar-refractivity contribution in [1.82, 2.24) is 40.0 Å². The molecule has 30 heavy (non-hydrogen) atoms. The van der Waals surface area contributed by atoms with Gasteiger partial charge in [-0.2, -0.15) is 5.10 Å². The number of para-hydroxylation sites is 2. The minimum absolute atomic E-state index is 0.0736. The molecule has 0 aliphatic rings. The molecule has 3 aromatic heterocycles. The van der Waals surface area contributed by atoms with Gasteiger partial charge in [-0.05, 0) is 25.0 Å². The monoisotopic (exact) mass is 404 g/mol. The number of aromatic amines is 1. The third-order valence-electron chi connectivity index (χ3n) is 4.90. The van der Waals surface area contributed by atoms with E-state index in [1.54, 1.807) is 18.6 Å². The van der Waals surface area contributed by atoms with Gasteiger partial charge in [0.2, 0.25) is 11.7 Å². The van der Waals surface area contributed by atoms with Gasteiger partial charge in [-0.1, -0.05) is 26.0 Å². The van der Waals surface area contributed by atoms with Gasteiger partial charge in [0.1, 0.15) is 23.4 Å². The number of nitrogens with zero attached hydrogens (tertiary/aromatic N) is 6. The number of benzene rings is 1. The highest BCUT2D eigenvalue weighted by Crippen LogP contribution is 2.24. The van der Waals surface area contributed by atoms with E-state index in [-0.39, 0.29) is 18.5 Å². The van der Waals surface area contributed by atoms with Crippen molar-refractivity contribution in [2.45, 2.75) is 45.7 Å². The first-order chi connectivity index (χ1) is 14.7. The van der Waals surface area contributed by atoms with Gasteiger partial charge in [-0.15, -0.1) is 0 Å². The first kappa shape index (κ1) is 19.7. The van der Waals surface area contributed by atoms with Crippen LogP contribution in [0.4, 0.5) is 0 Å². The molecule has 0 saturated carbocycles. The van der Waals surface area contributed by atoms with Crippen LogP contribution in [0.1, 0.15) is 44.4 Å². The number of aromatic nitrogens is 7. The molecular weight excluding hydrogens is 380 g/mol. The van der Waals surface area contributed by atoms with Gasteiger partial charge in [0, 0.05) is 18.8 Å². The lowest BCUT2D eigenvalue weighted by atomic mass is 10.1. The summed E-state index contributed by atoms with van der Waals surface area (Å²) in [5.41, 5.74) is 2.47. The van der Waals surface area contributed by atoms with E-state index in [4.69, 9.17) is 4.98 Å². The number of carbonyl (C=O) groups is 1. The maximum absolute atomic E-state index is 13.1. The summed E-state index contributed by atoms with van der Waals surface area (Å²) < 4.78 is 2.07. The lowest BCUT2D eigenvalue weighted by Gasteiger charge is -2.19. The molecule has 0 aliphatic heterocycles. The molecule has 3 heterocycles. The Morgan fingerprint density at radius 3 is 2.83 bits per heavy atom. The molecule has 1 amide bonds. The van der Waals surface area contributed by atoms with Crippen LogP contribution in [-0.4, -0.2) is 40.6 Å². The van der Waals surface area contributed by atoms with E-state index in [9.17, 15) is 4.79 Å². The molecule has 4 aromatic rings. The number of fused-ring (bicyclic) bond motifs is 1. The molecule has 0 radical (unpaired) electrons. The molecule has 9 heteroatoms. The molecule has 0 saturated heterocycles. The van der Waals surface area contributed by atoms with Crippen LogP contribution >= 0.6 is 0 Å². The van der Waals surface area contributed by atoms with Crippen LogP contribution < -0.4 is 5.32 Å². The van der Waals surface area contributed by atoms with Gasteiger partial charge >= 0.3 is 0 Å². The number of H-pyrrole nitrogens is 1. The molecule has 0 spiro atoms. The van der Waals surface area contributed by atoms with Crippen molar-refractivity contribution < 1.29 is 4.79 Å². The Morgan fingerprint density at radius 1 is 1.20 bits per heavy atom. The number of amides is 1. The highest BCUT2D eigenvalue weighted by atomic mass is 16.2. The minimum atomic E-state index is -0.346. The SMILES string of the molecule is CCCc1nc2ccccc2n1[C@H](CC)C(=O)NCc1nc(-c2cnccn2)n[nH]1. The Bertz CT molecular complexity index is 1130. The van der Waals surface area contributed by atoms with Gasteiger partial charge in [-0.3, -0.25) is 14.9 Å².